The lowest BCUT2D eigenvalue weighted by Gasteiger charge is -2.29. The summed E-state index contributed by atoms with van der Waals surface area (Å²) in [6, 6.07) is 4.08. The van der Waals surface area contributed by atoms with Crippen molar-refractivity contribution < 1.29 is 4.74 Å². The van der Waals surface area contributed by atoms with E-state index in [1.54, 1.807) is 0 Å². The Hall–Kier alpha value is -2.21. The van der Waals surface area contributed by atoms with Crippen LogP contribution in [0.3, 0.4) is 0 Å². The molecule has 0 radical (unpaired) electrons. The first-order valence-electron chi connectivity index (χ1n) is 12.2. The maximum absolute atomic E-state index is 12.9. The Morgan fingerprint density at radius 1 is 1.06 bits per heavy atom. The van der Waals surface area contributed by atoms with Gasteiger partial charge in [-0.2, -0.15) is 0 Å². The Balaban J connectivity index is 1.29. The fourth-order valence-corrected chi connectivity index (χ4v) is 5.44. The zero-order chi connectivity index (χ0) is 21.0. The number of aromatic nitrogens is 3. The van der Waals surface area contributed by atoms with E-state index < -0.39 is 0 Å². The average Bonchev–Trinajstić information content (AvgIpc) is 2.82. The predicted molar refractivity (Wildman–Crippen MR) is 120 cm³/mol. The number of fused-ring (bicyclic) bond motifs is 1. The molecule has 0 saturated heterocycles. The number of rotatable bonds is 5. The summed E-state index contributed by atoms with van der Waals surface area (Å²) in [6.07, 6.45) is 15.1. The zero-order valence-corrected chi connectivity index (χ0v) is 18.4. The van der Waals surface area contributed by atoms with Crippen LogP contribution >= 0.6 is 0 Å². The normalized spacial score (nSPS) is 21.0. The third kappa shape index (κ3) is 4.84. The summed E-state index contributed by atoms with van der Waals surface area (Å²) in [6.45, 7) is 2.30. The number of hydrogen-bond donors (Lipinski definition) is 1. The summed E-state index contributed by atoms with van der Waals surface area (Å²) < 4.78 is 6.29. The largest absolute Gasteiger partial charge is 0.474 e. The highest BCUT2D eigenvalue weighted by Gasteiger charge is 2.25. The van der Waals surface area contributed by atoms with Crippen LogP contribution in [0.15, 0.2) is 23.1 Å². The number of ether oxygens (including phenoxy) is 1. The highest BCUT2D eigenvalue weighted by atomic mass is 16.5. The first-order valence-corrected chi connectivity index (χ1v) is 12.2. The lowest BCUT2D eigenvalue weighted by Crippen LogP contribution is -2.36. The predicted octanol–water partition coefficient (Wildman–Crippen LogP) is 4.48. The Bertz CT molecular complexity index is 945. The summed E-state index contributed by atoms with van der Waals surface area (Å²) in [4.78, 5) is 27.8. The van der Waals surface area contributed by atoms with Gasteiger partial charge in [0.2, 0.25) is 5.88 Å². The molecule has 2 fully saturated rings. The van der Waals surface area contributed by atoms with Crippen LogP contribution in [0.4, 0.5) is 0 Å². The number of nitrogens with one attached hydrogen (secondary N) is 1. The summed E-state index contributed by atoms with van der Waals surface area (Å²) in [7, 11) is 0. The SMILES string of the molecule is O=c1[nH]c(C2CCCCC2)nc2c1CN(Cc1cccnc1OC1CCCCC1)CC2. The van der Waals surface area contributed by atoms with Gasteiger partial charge in [0, 0.05) is 43.7 Å². The van der Waals surface area contributed by atoms with Crippen molar-refractivity contribution in [3.8, 4) is 5.88 Å². The highest BCUT2D eigenvalue weighted by molar-refractivity contribution is 5.27. The van der Waals surface area contributed by atoms with E-state index in [0.29, 0.717) is 12.5 Å². The zero-order valence-electron chi connectivity index (χ0n) is 18.4. The first-order chi connectivity index (χ1) is 15.3. The third-order valence-corrected chi connectivity index (χ3v) is 7.23. The topological polar surface area (TPSA) is 71.1 Å². The van der Waals surface area contributed by atoms with Crippen molar-refractivity contribution in [2.24, 2.45) is 0 Å². The molecular weight excluding hydrogens is 388 g/mol. The van der Waals surface area contributed by atoms with Crippen LogP contribution in [0.2, 0.25) is 0 Å². The molecule has 6 nitrogen and oxygen atoms in total. The second-order valence-corrected chi connectivity index (χ2v) is 9.52. The number of pyridine rings is 1. The molecule has 2 aromatic heterocycles. The second kappa shape index (κ2) is 9.51. The van der Waals surface area contributed by atoms with E-state index in [0.717, 1.165) is 73.7 Å². The van der Waals surface area contributed by atoms with Crippen molar-refractivity contribution in [1.29, 1.82) is 0 Å². The Morgan fingerprint density at radius 3 is 2.65 bits per heavy atom. The molecule has 31 heavy (non-hydrogen) atoms. The molecule has 3 heterocycles. The Labute approximate surface area is 184 Å². The Kier molecular flexibility index (Phi) is 6.35. The molecule has 0 bridgehead atoms. The third-order valence-electron chi connectivity index (χ3n) is 7.23. The van der Waals surface area contributed by atoms with E-state index >= 15 is 0 Å². The molecule has 2 aromatic rings. The molecule has 1 N–H and O–H groups in total. The van der Waals surface area contributed by atoms with Crippen LogP contribution in [0.25, 0.3) is 0 Å². The van der Waals surface area contributed by atoms with Gasteiger partial charge in [0.1, 0.15) is 11.9 Å². The smallest absolute Gasteiger partial charge is 0.255 e. The van der Waals surface area contributed by atoms with Crippen LogP contribution in [-0.2, 0) is 19.5 Å². The van der Waals surface area contributed by atoms with Gasteiger partial charge in [-0.05, 0) is 44.6 Å². The molecule has 0 spiro atoms. The van der Waals surface area contributed by atoms with Crippen molar-refractivity contribution >= 4 is 0 Å². The average molecular weight is 423 g/mol. The van der Waals surface area contributed by atoms with E-state index in [2.05, 4.69) is 20.9 Å². The van der Waals surface area contributed by atoms with Crippen molar-refractivity contribution in [2.75, 3.05) is 6.54 Å². The van der Waals surface area contributed by atoms with E-state index in [1.807, 2.05) is 12.3 Å². The molecule has 0 unspecified atom stereocenters. The van der Waals surface area contributed by atoms with E-state index in [-0.39, 0.29) is 11.7 Å². The number of aromatic amines is 1. The quantitative estimate of drug-likeness (QED) is 0.769. The number of H-pyrrole nitrogens is 1. The van der Waals surface area contributed by atoms with Gasteiger partial charge in [-0.15, -0.1) is 0 Å². The molecule has 2 saturated carbocycles. The maximum atomic E-state index is 12.9. The van der Waals surface area contributed by atoms with Gasteiger partial charge in [0.25, 0.3) is 5.56 Å². The molecule has 2 aliphatic carbocycles. The molecule has 0 atom stereocenters. The summed E-state index contributed by atoms with van der Waals surface area (Å²) >= 11 is 0. The molecule has 6 heteroatoms. The van der Waals surface area contributed by atoms with Crippen LogP contribution in [0.5, 0.6) is 5.88 Å². The highest BCUT2D eigenvalue weighted by Crippen LogP contribution is 2.31. The minimum Gasteiger partial charge on any atom is -0.474 e. The van der Waals surface area contributed by atoms with Gasteiger partial charge in [-0.25, -0.2) is 9.97 Å². The van der Waals surface area contributed by atoms with Gasteiger partial charge >= 0.3 is 0 Å². The van der Waals surface area contributed by atoms with Crippen LogP contribution in [0, 0.1) is 0 Å². The van der Waals surface area contributed by atoms with Crippen molar-refractivity contribution in [3.05, 3.63) is 51.3 Å². The van der Waals surface area contributed by atoms with Gasteiger partial charge in [-0.3, -0.25) is 9.69 Å². The minimum atomic E-state index is 0.0557. The van der Waals surface area contributed by atoms with E-state index in [1.165, 1.54) is 38.5 Å². The van der Waals surface area contributed by atoms with Crippen molar-refractivity contribution in [1.82, 2.24) is 19.9 Å². The Morgan fingerprint density at radius 2 is 1.84 bits per heavy atom. The molecule has 5 rings (SSSR count). The summed E-state index contributed by atoms with van der Waals surface area (Å²) in [5.41, 5.74) is 3.01. The number of hydrogen-bond acceptors (Lipinski definition) is 5. The van der Waals surface area contributed by atoms with Gasteiger partial charge in [0.15, 0.2) is 0 Å². The van der Waals surface area contributed by atoms with Crippen LogP contribution < -0.4 is 10.3 Å². The van der Waals surface area contributed by atoms with Gasteiger partial charge in [0.05, 0.1) is 11.3 Å². The molecule has 166 valence electrons. The summed E-state index contributed by atoms with van der Waals surface area (Å²) in [5, 5.41) is 0. The molecule has 1 aliphatic heterocycles. The number of nitrogens with zero attached hydrogens (tertiary/aromatic N) is 3. The monoisotopic (exact) mass is 422 g/mol. The van der Waals surface area contributed by atoms with E-state index in [4.69, 9.17) is 9.72 Å². The van der Waals surface area contributed by atoms with Crippen LogP contribution in [0.1, 0.15) is 92.8 Å². The van der Waals surface area contributed by atoms with Gasteiger partial charge < -0.3 is 9.72 Å². The van der Waals surface area contributed by atoms with Crippen LogP contribution in [-0.4, -0.2) is 32.5 Å². The minimum absolute atomic E-state index is 0.0557. The first kappa shape index (κ1) is 20.7. The molecule has 0 amide bonds. The fraction of sp³-hybridized carbons (Fsp3) is 0.640. The summed E-state index contributed by atoms with van der Waals surface area (Å²) in [5.74, 6) is 2.12. The maximum Gasteiger partial charge on any atom is 0.255 e. The van der Waals surface area contributed by atoms with Crippen molar-refractivity contribution in [2.45, 2.75) is 95.7 Å². The molecular formula is C25H34N4O2. The molecule has 0 aromatic carbocycles. The van der Waals surface area contributed by atoms with E-state index in [9.17, 15) is 4.79 Å². The lowest BCUT2D eigenvalue weighted by atomic mass is 9.88. The standard InChI is InChI=1S/C25H34N4O2/c30-24-21-17-29(15-13-22(21)27-23(28-24)18-8-3-1-4-9-18)16-19-10-7-14-26-25(19)31-20-11-5-2-6-12-20/h7,10,14,18,20H,1-6,8-9,11-13,15-17H2,(H,27,28,30). The lowest BCUT2D eigenvalue weighted by molar-refractivity contribution is 0.143. The fourth-order valence-electron chi connectivity index (χ4n) is 5.44. The second-order valence-electron chi connectivity index (χ2n) is 9.52. The molecule has 3 aliphatic rings. The van der Waals surface area contributed by atoms with Gasteiger partial charge in [-0.1, -0.05) is 31.7 Å². The van der Waals surface area contributed by atoms with Crippen molar-refractivity contribution in [3.63, 3.8) is 0 Å².